The summed E-state index contributed by atoms with van der Waals surface area (Å²) in [6.07, 6.45) is 0. The molecule has 1 aromatic rings. The molecule has 2 N–H and O–H groups in total. The van der Waals surface area contributed by atoms with Gasteiger partial charge in [0.15, 0.2) is 0 Å². The number of aromatic hydroxyl groups is 1. The zero-order valence-electron chi connectivity index (χ0n) is 11.9. The molecule has 1 atom stereocenters. The fourth-order valence-electron chi connectivity index (χ4n) is 1.87. The number of phenols is 1. The maximum atomic E-state index is 11.3. The van der Waals surface area contributed by atoms with Gasteiger partial charge < -0.3 is 5.11 Å². The Labute approximate surface area is 110 Å². The van der Waals surface area contributed by atoms with Crippen molar-refractivity contribution in [3.05, 3.63) is 23.3 Å². The second kappa shape index (κ2) is 4.64. The van der Waals surface area contributed by atoms with Crippen LogP contribution >= 0.6 is 8.03 Å². The van der Waals surface area contributed by atoms with Gasteiger partial charge in [0, 0.05) is 23.3 Å². The largest absolute Gasteiger partial charge is 0.546 e. The molecule has 0 aromatic heterocycles. The number of hydrogen-bond acceptors (Lipinski definition) is 2. The second-order valence-corrected chi connectivity index (χ2v) is 7.72. The van der Waals surface area contributed by atoms with Crippen LogP contribution in [0.25, 0.3) is 0 Å². The Bertz CT molecular complexity index is 444. The van der Waals surface area contributed by atoms with Crippen LogP contribution in [0.2, 0.25) is 0 Å². The van der Waals surface area contributed by atoms with Crippen molar-refractivity contribution < 1.29 is 14.6 Å². The fourth-order valence-corrected chi connectivity index (χ4v) is 2.35. The van der Waals surface area contributed by atoms with Crippen LogP contribution in [0.4, 0.5) is 0 Å². The molecular weight excluding hydrogens is 247 g/mol. The lowest BCUT2D eigenvalue weighted by atomic mass is 9.79. The van der Waals surface area contributed by atoms with E-state index in [0.717, 1.165) is 0 Å². The number of phenolic OH excluding ortho intramolecular Hbond substituents is 1. The summed E-state index contributed by atoms with van der Waals surface area (Å²) in [5.74, 6) is 0.232. The Hall–Kier alpha value is -0.920. The van der Waals surface area contributed by atoms with E-state index in [2.05, 4.69) is 0 Å². The minimum atomic E-state index is -2.40. The average Bonchev–Trinajstić information content (AvgIpc) is 2.13. The topological polar surface area (TPSA) is 57.5 Å². The number of rotatable bonds is 1. The lowest BCUT2D eigenvalue weighted by Crippen LogP contribution is -2.20. The molecule has 0 saturated heterocycles. The van der Waals surface area contributed by atoms with Crippen LogP contribution in [0.1, 0.15) is 52.7 Å². The summed E-state index contributed by atoms with van der Waals surface area (Å²) in [5, 5.41) is 10.8. The third-order valence-corrected chi connectivity index (χ3v) is 3.63. The van der Waals surface area contributed by atoms with Gasteiger partial charge in [0.05, 0.1) is 0 Å². The molecule has 0 aliphatic heterocycles. The third kappa shape index (κ3) is 3.09. The molecular formula is C14H22O3P+. The van der Waals surface area contributed by atoms with E-state index in [0.29, 0.717) is 16.4 Å². The Morgan fingerprint density at radius 2 is 1.28 bits per heavy atom. The summed E-state index contributed by atoms with van der Waals surface area (Å²) in [4.78, 5) is 9.32. The molecule has 0 fully saturated rings. The van der Waals surface area contributed by atoms with Crippen molar-refractivity contribution in [1.82, 2.24) is 0 Å². The quantitative estimate of drug-likeness (QED) is 0.769. The maximum Gasteiger partial charge on any atom is 0.546 e. The van der Waals surface area contributed by atoms with Crippen LogP contribution in [0.3, 0.4) is 0 Å². The Morgan fingerprint density at radius 1 is 0.944 bits per heavy atom. The van der Waals surface area contributed by atoms with Gasteiger partial charge >= 0.3 is 8.03 Å². The Morgan fingerprint density at radius 3 is 1.50 bits per heavy atom. The average molecular weight is 269 g/mol. The summed E-state index contributed by atoms with van der Waals surface area (Å²) >= 11 is 0. The Balaban J connectivity index is 3.64. The van der Waals surface area contributed by atoms with Crippen LogP contribution in [0, 0.1) is 0 Å². The molecule has 1 rings (SSSR count). The molecule has 0 spiro atoms. The maximum absolute atomic E-state index is 11.3. The molecule has 0 heterocycles. The van der Waals surface area contributed by atoms with E-state index in [1.807, 2.05) is 41.5 Å². The normalized spacial score (nSPS) is 13.6. The van der Waals surface area contributed by atoms with Gasteiger partial charge in [-0.25, -0.2) is 0 Å². The molecule has 100 valence electrons. The highest BCUT2D eigenvalue weighted by atomic mass is 31.1. The summed E-state index contributed by atoms with van der Waals surface area (Å²) in [6.45, 7) is 11.8. The minimum Gasteiger partial charge on any atom is -0.507 e. The molecule has 0 aliphatic rings. The van der Waals surface area contributed by atoms with E-state index in [1.165, 1.54) is 0 Å². The molecule has 4 heteroatoms. The van der Waals surface area contributed by atoms with Gasteiger partial charge in [0.25, 0.3) is 0 Å². The fraction of sp³-hybridized carbons (Fsp3) is 0.571. The van der Waals surface area contributed by atoms with Crippen LogP contribution in [-0.4, -0.2) is 10.00 Å². The van der Waals surface area contributed by atoms with Gasteiger partial charge in [-0.15, -0.1) is 0 Å². The van der Waals surface area contributed by atoms with Gasteiger partial charge in [0.2, 0.25) is 5.30 Å². The first-order chi connectivity index (χ1) is 7.94. The van der Waals surface area contributed by atoms with E-state index in [9.17, 15) is 14.6 Å². The van der Waals surface area contributed by atoms with Crippen molar-refractivity contribution in [1.29, 1.82) is 0 Å². The van der Waals surface area contributed by atoms with Crippen LogP contribution < -0.4 is 5.30 Å². The van der Waals surface area contributed by atoms with Gasteiger partial charge in [-0.2, -0.15) is 4.89 Å². The summed E-state index contributed by atoms with van der Waals surface area (Å²) < 4.78 is 11.3. The predicted octanol–water partition coefficient (Wildman–Crippen LogP) is 3.35. The summed E-state index contributed by atoms with van der Waals surface area (Å²) in [7, 11) is -2.40. The van der Waals surface area contributed by atoms with Crippen molar-refractivity contribution in [2.75, 3.05) is 0 Å². The standard InChI is InChI=1S/C14H21O3P/c1-13(2,3)10-7-9(18(16)17)8-11(12(10)15)14(4,5)6/h7-8H,1-6H3,(H-,15,16,17)/p+1. The van der Waals surface area contributed by atoms with Crippen LogP contribution in [0.5, 0.6) is 5.75 Å². The molecule has 1 aromatic carbocycles. The molecule has 0 saturated carbocycles. The predicted molar refractivity (Wildman–Crippen MR) is 75.0 cm³/mol. The zero-order valence-corrected chi connectivity index (χ0v) is 12.8. The van der Waals surface area contributed by atoms with Crippen LogP contribution in [-0.2, 0) is 15.4 Å². The third-order valence-electron chi connectivity index (χ3n) is 2.93. The molecule has 0 amide bonds. The summed E-state index contributed by atoms with van der Waals surface area (Å²) in [6, 6.07) is 3.26. The van der Waals surface area contributed by atoms with E-state index >= 15 is 0 Å². The smallest absolute Gasteiger partial charge is 0.507 e. The molecule has 18 heavy (non-hydrogen) atoms. The van der Waals surface area contributed by atoms with E-state index in [-0.39, 0.29) is 16.6 Å². The van der Waals surface area contributed by atoms with Gasteiger partial charge in [-0.3, -0.25) is 0 Å². The van der Waals surface area contributed by atoms with E-state index < -0.39 is 8.03 Å². The van der Waals surface area contributed by atoms with Crippen molar-refractivity contribution >= 4 is 13.3 Å². The van der Waals surface area contributed by atoms with E-state index in [1.54, 1.807) is 12.1 Å². The first-order valence-corrected chi connectivity index (χ1v) is 7.20. The lowest BCUT2D eigenvalue weighted by molar-refractivity contribution is 0.423. The second-order valence-electron chi connectivity index (χ2n) is 6.66. The first kappa shape index (κ1) is 15.1. The van der Waals surface area contributed by atoms with Crippen molar-refractivity contribution in [2.24, 2.45) is 0 Å². The van der Waals surface area contributed by atoms with Crippen molar-refractivity contribution in [3.8, 4) is 5.75 Å². The molecule has 1 unspecified atom stereocenters. The minimum absolute atomic E-state index is 0.232. The highest BCUT2D eigenvalue weighted by Crippen LogP contribution is 2.39. The van der Waals surface area contributed by atoms with Crippen LogP contribution in [0.15, 0.2) is 12.1 Å². The summed E-state index contributed by atoms with van der Waals surface area (Å²) in [5.41, 5.74) is 0.876. The number of hydrogen-bond donors (Lipinski definition) is 2. The lowest BCUT2D eigenvalue weighted by Gasteiger charge is -2.26. The van der Waals surface area contributed by atoms with Gasteiger partial charge in [-0.05, 0) is 15.4 Å². The van der Waals surface area contributed by atoms with Crippen molar-refractivity contribution in [3.63, 3.8) is 0 Å². The van der Waals surface area contributed by atoms with E-state index in [4.69, 9.17) is 0 Å². The first-order valence-electron chi connectivity index (χ1n) is 5.98. The van der Waals surface area contributed by atoms with Gasteiger partial charge in [-0.1, -0.05) is 41.5 Å². The van der Waals surface area contributed by atoms with Crippen molar-refractivity contribution in [2.45, 2.75) is 52.4 Å². The molecule has 0 aliphatic carbocycles. The molecule has 0 radical (unpaired) electrons. The highest BCUT2D eigenvalue weighted by molar-refractivity contribution is 7.47. The SMILES string of the molecule is CC(C)(C)c1cc([P+](=O)O)cc(C(C)(C)C)c1O. The zero-order chi connectivity index (χ0) is 14.3. The monoisotopic (exact) mass is 269 g/mol. The Kier molecular flexibility index (Phi) is 3.90. The molecule has 0 bridgehead atoms. The molecule has 3 nitrogen and oxygen atoms in total. The number of benzene rings is 1. The highest BCUT2D eigenvalue weighted by Gasteiger charge is 2.30. The van der Waals surface area contributed by atoms with Gasteiger partial charge in [0.1, 0.15) is 5.75 Å².